The molecule has 5 rings (SSSR count). The minimum Gasteiger partial charge on any atom is -0.321 e. The van der Waals surface area contributed by atoms with Crippen LogP contribution in [0.2, 0.25) is 0 Å². The van der Waals surface area contributed by atoms with Crippen molar-refractivity contribution >= 4 is 61.9 Å². The third-order valence-corrected chi connectivity index (χ3v) is 10.5. The van der Waals surface area contributed by atoms with E-state index < -0.39 is 17.9 Å². The van der Waals surface area contributed by atoms with Gasteiger partial charge in [-0.3, -0.25) is 19.7 Å². The topological polar surface area (TPSA) is 84.6 Å². The van der Waals surface area contributed by atoms with E-state index in [2.05, 4.69) is 57.6 Å². The van der Waals surface area contributed by atoms with Crippen LogP contribution >= 0.6 is 23.0 Å². The van der Waals surface area contributed by atoms with Crippen molar-refractivity contribution < 1.29 is 9.72 Å². The minimum absolute atomic E-state index is 0.117. The second-order valence-electron chi connectivity index (χ2n) is 8.63. The van der Waals surface area contributed by atoms with Crippen molar-refractivity contribution in [2.24, 2.45) is 4.74 Å². The summed E-state index contributed by atoms with van der Waals surface area (Å²) in [5, 5.41) is 17.3. The SMILES string of the molecule is O=C(Nc1cc([N+](=O)[O-])ccc1Br)c1ccccc1N=P(c1ccccc1)(c1ccccc1)c1ccccc1. The van der Waals surface area contributed by atoms with Crippen LogP contribution in [-0.2, 0) is 0 Å². The van der Waals surface area contributed by atoms with E-state index in [4.69, 9.17) is 4.74 Å². The first-order valence-electron chi connectivity index (χ1n) is 12.1. The summed E-state index contributed by atoms with van der Waals surface area (Å²) in [7, 11) is -2.61. The molecule has 192 valence electrons. The number of non-ortho nitro benzene ring substituents is 1. The lowest BCUT2D eigenvalue weighted by molar-refractivity contribution is -0.384. The zero-order valence-corrected chi connectivity index (χ0v) is 23.1. The Bertz CT molecular complexity index is 1590. The molecule has 0 aliphatic rings. The monoisotopic (exact) mass is 595 g/mol. The molecule has 8 heteroatoms. The number of nitrogens with one attached hydrogen (secondary N) is 1. The number of benzene rings is 5. The number of hydrogen-bond acceptors (Lipinski definition) is 4. The number of anilines is 1. The summed E-state index contributed by atoms with van der Waals surface area (Å²) in [6.07, 6.45) is 0. The molecule has 5 aromatic rings. The number of carbonyl (C=O) groups is 1. The average molecular weight is 596 g/mol. The van der Waals surface area contributed by atoms with Crippen molar-refractivity contribution in [2.45, 2.75) is 0 Å². The maximum Gasteiger partial charge on any atom is 0.271 e. The van der Waals surface area contributed by atoms with Crippen molar-refractivity contribution in [3.05, 3.63) is 154 Å². The average Bonchev–Trinajstić information content (AvgIpc) is 2.98. The fourth-order valence-electron chi connectivity index (χ4n) is 4.38. The Morgan fingerprint density at radius 2 is 1.21 bits per heavy atom. The van der Waals surface area contributed by atoms with E-state index in [1.165, 1.54) is 12.1 Å². The van der Waals surface area contributed by atoms with Crippen LogP contribution in [0, 0.1) is 10.1 Å². The number of nitro benzene ring substituents is 1. The Labute approximate surface area is 234 Å². The number of carbonyl (C=O) groups excluding carboxylic acids is 1. The van der Waals surface area contributed by atoms with Gasteiger partial charge in [0, 0.05) is 32.5 Å². The highest BCUT2D eigenvalue weighted by Gasteiger charge is 2.28. The Kier molecular flexibility index (Phi) is 7.82. The summed E-state index contributed by atoms with van der Waals surface area (Å²) in [6, 6.07) is 41.9. The van der Waals surface area contributed by atoms with Gasteiger partial charge in [-0.15, -0.1) is 0 Å². The zero-order valence-electron chi connectivity index (χ0n) is 20.6. The molecule has 1 amide bonds. The number of nitrogens with zero attached hydrogens (tertiary/aromatic N) is 2. The molecule has 5 aromatic carbocycles. The van der Waals surface area contributed by atoms with Crippen molar-refractivity contribution in [1.82, 2.24) is 0 Å². The van der Waals surface area contributed by atoms with Gasteiger partial charge in [0.2, 0.25) is 0 Å². The Morgan fingerprint density at radius 3 is 1.72 bits per heavy atom. The van der Waals surface area contributed by atoms with Crippen LogP contribution in [0.25, 0.3) is 0 Å². The summed E-state index contributed by atoms with van der Waals surface area (Å²) < 4.78 is 6.00. The largest absolute Gasteiger partial charge is 0.321 e. The van der Waals surface area contributed by atoms with E-state index in [9.17, 15) is 14.9 Å². The molecule has 39 heavy (non-hydrogen) atoms. The summed E-state index contributed by atoms with van der Waals surface area (Å²) >= 11 is 3.38. The predicted molar refractivity (Wildman–Crippen MR) is 162 cm³/mol. The molecule has 0 unspecified atom stereocenters. The maximum absolute atomic E-state index is 13.6. The summed E-state index contributed by atoms with van der Waals surface area (Å²) in [6.45, 7) is 0. The Morgan fingerprint density at radius 1 is 0.718 bits per heavy atom. The van der Waals surface area contributed by atoms with Crippen molar-refractivity contribution in [3.63, 3.8) is 0 Å². The van der Waals surface area contributed by atoms with Crippen LogP contribution in [0.1, 0.15) is 10.4 Å². The highest BCUT2D eigenvalue weighted by Crippen LogP contribution is 2.49. The quantitative estimate of drug-likeness (QED) is 0.121. The summed E-state index contributed by atoms with van der Waals surface area (Å²) in [5.74, 6) is -0.414. The fraction of sp³-hybridized carbons (Fsp3) is 0. The van der Waals surface area contributed by atoms with Gasteiger partial charge in [0.1, 0.15) is 0 Å². The molecular formula is C31H23BrN3O3P. The fourth-order valence-corrected chi connectivity index (χ4v) is 8.27. The van der Waals surface area contributed by atoms with E-state index in [0.717, 1.165) is 15.9 Å². The molecule has 0 saturated carbocycles. The Balaban J connectivity index is 1.73. The summed E-state index contributed by atoms with van der Waals surface area (Å²) in [4.78, 5) is 24.4. The van der Waals surface area contributed by atoms with Gasteiger partial charge < -0.3 is 5.32 Å². The minimum atomic E-state index is -2.61. The lowest BCUT2D eigenvalue weighted by atomic mass is 10.1. The van der Waals surface area contributed by atoms with E-state index in [1.807, 2.05) is 66.7 Å². The molecule has 0 aliphatic heterocycles. The van der Waals surface area contributed by atoms with Crippen LogP contribution < -0.4 is 21.2 Å². The highest BCUT2D eigenvalue weighted by atomic mass is 79.9. The molecule has 0 bridgehead atoms. The van der Waals surface area contributed by atoms with Crippen molar-refractivity contribution in [3.8, 4) is 0 Å². The number of nitro groups is 1. The van der Waals surface area contributed by atoms with Gasteiger partial charge in [-0.2, -0.15) is 0 Å². The van der Waals surface area contributed by atoms with Crippen molar-refractivity contribution in [2.75, 3.05) is 5.32 Å². The van der Waals surface area contributed by atoms with Crippen LogP contribution in [0.5, 0.6) is 0 Å². The van der Waals surface area contributed by atoms with E-state index >= 15 is 0 Å². The third kappa shape index (κ3) is 5.46. The second kappa shape index (κ2) is 11.6. The van der Waals surface area contributed by atoms with Crippen LogP contribution in [0.4, 0.5) is 17.1 Å². The molecule has 0 fully saturated rings. The first kappa shape index (κ1) is 26.3. The molecule has 0 heterocycles. The lowest BCUT2D eigenvalue weighted by Crippen LogP contribution is -2.25. The van der Waals surface area contributed by atoms with Gasteiger partial charge in [-0.1, -0.05) is 103 Å². The number of halogens is 1. The number of amides is 1. The van der Waals surface area contributed by atoms with E-state index in [-0.39, 0.29) is 5.69 Å². The summed E-state index contributed by atoms with van der Waals surface area (Å²) in [5.41, 5.74) is 1.08. The maximum atomic E-state index is 13.6. The standard InChI is InChI=1S/C31H23BrN3O3P/c32-28-21-20-23(35(37)38)22-30(28)33-31(36)27-18-10-11-19-29(27)34-39(24-12-4-1-5-13-24,25-14-6-2-7-15-25)26-16-8-3-9-17-26/h1-22H,(H,33,36). The van der Waals surface area contributed by atoms with Gasteiger partial charge >= 0.3 is 0 Å². The van der Waals surface area contributed by atoms with Gasteiger partial charge in [0.15, 0.2) is 0 Å². The molecule has 0 aliphatic carbocycles. The zero-order chi connectivity index (χ0) is 27.2. The first-order chi connectivity index (χ1) is 19.0. The predicted octanol–water partition coefficient (Wildman–Crippen LogP) is 7.42. The van der Waals surface area contributed by atoms with Crippen molar-refractivity contribution in [1.29, 1.82) is 0 Å². The van der Waals surface area contributed by atoms with Gasteiger partial charge in [-0.25, -0.2) is 0 Å². The highest BCUT2D eigenvalue weighted by molar-refractivity contribution is 9.10. The van der Waals surface area contributed by atoms with Crippen LogP contribution in [0.15, 0.2) is 143 Å². The second-order valence-corrected chi connectivity index (χ2v) is 12.5. The number of hydrogen-bond donors (Lipinski definition) is 1. The molecule has 0 radical (unpaired) electrons. The van der Waals surface area contributed by atoms with Gasteiger partial charge in [0.05, 0.1) is 28.9 Å². The molecule has 1 N–H and O–H groups in total. The van der Waals surface area contributed by atoms with Crippen LogP contribution in [0.3, 0.4) is 0 Å². The molecule has 0 aromatic heterocycles. The van der Waals surface area contributed by atoms with Crippen LogP contribution in [-0.4, -0.2) is 10.8 Å². The normalized spacial score (nSPS) is 11.0. The molecule has 0 atom stereocenters. The smallest absolute Gasteiger partial charge is 0.271 e. The van der Waals surface area contributed by atoms with E-state index in [0.29, 0.717) is 21.4 Å². The molecule has 0 saturated heterocycles. The Hall–Kier alpha value is -4.32. The van der Waals surface area contributed by atoms with Gasteiger partial charge in [-0.05, 0) is 34.1 Å². The molecular weight excluding hydrogens is 573 g/mol. The number of rotatable bonds is 7. The first-order valence-corrected chi connectivity index (χ1v) is 14.7. The molecule has 6 nitrogen and oxygen atoms in total. The van der Waals surface area contributed by atoms with Gasteiger partial charge in [0.25, 0.3) is 11.6 Å². The lowest BCUT2D eigenvalue weighted by Gasteiger charge is -2.27. The molecule has 0 spiro atoms. The third-order valence-electron chi connectivity index (χ3n) is 6.20. The van der Waals surface area contributed by atoms with E-state index in [1.54, 1.807) is 18.2 Å².